The van der Waals surface area contributed by atoms with Crippen molar-refractivity contribution in [2.24, 2.45) is 0 Å². The van der Waals surface area contributed by atoms with Crippen molar-refractivity contribution in [1.82, 2.24) is 4.98 Å². The summed E-state index contributed by atoms with van der Waals surface area (Å²) in [5.74, 6) is -0.167. The number of nitrogens with zero attached hydrogens (tertiary/aromatic N) is 2. The molecule has 1 aliphatic rings. The van der Waals surface area contributed by atoms with E-state index in [0.29, 0.717) is 10.7 Å². The molecule has 1 fully saturated rings. The number of benzene rings is 2. The summed E-state index contributed by atoms with van der Waals surface area (Å²) < 4.78 is 7.23. The van der Waals surface area contributed by atoms with Gasteiger partial charge in [0.05, 0.1) is 29.0 Å². The predicted octanol–water partition coefficient (Wildman–Crippen LogP) is 4.15. The number of carbonyl (C=O) groups is 1. The first-order valence-corrected chi connectivity index (χ1v) is 9.61. The van der Waals surface area contributed by atoms with E-state index in [2.05, 4.69) is 43.3 Å². The fraction of sp³-hybridized carbons (Fsp3) is 0.222. The van der Waals surface area contributed by atoms with Crippen molar-refractivity contribution in [3.8, 4) is 0 Å². The average molecular weight is 418 g/mol. The largest absolute Gasteiger partial charge is 0.378 e. The van der Waals surface area contributed by atoms with E-state index in [9.17, 15) is 4.79 Å². The van der Waals surface area contributed by atoms with Gasteiger partial charge >= 0.3 is 0 Å². The van der Waals surface area contributed by atoms with Crippen LogP contribution < -0.4 is 10.2 Å². The summed E-state index contributed by atoms with van der Waals surface area (Å²) in [6.45, 7) is 3.31. The second kappa shape index (κ2) is 7.11. The Morgan fingerprint density at radius 1 is 1.20 bits per heavy atom. The van der Waals surface area contributed by atoms with Crippen LogP contribution in [0.5, 0.6) is 0 Å². The highest BCUT2D eigenvalue weighted by atomic mass is 79.9. The van der Waals surface area contributed by atoms with Gasteiger partial charge in [0.1, 0.15) is 0 Å². The highest BCUT2D eigenvalue weighted by molar-refractivity contribution is 9.10. The smallest absolute Gasteiger partial charge is 0.258 e. The summed E-state index contributed by atoms with van der Waals surface area (Å²) in [7, 11) is 0. The Labute approximate surface area is 157 Å². The Morgan fingerprint density at radius 2 is 2.00 bits per heavy atom. The third kappa shape index (κ3) is 3.53. The van der Waals surface area contributed by atoms with Crippen LogP contribution in [0.3, 0.4) is 0 Å². The quantitative estimate of drug-likeness (QED) is 0.695. The summed E-state index contributed by atoms with van der Waals surface area (Å²) in [5.41, 5.74) is 2.66. The second-order valence-corrected chi connectivity index (χ2v) is 7.59. The van der Waals surface area contributed by atoms with Gasteiger partial charge in [0.25, 0.3) is 5.91 Å². The number of nitrogens with one attached hydrogen (secondary N) is 1. The van der Waals surface area contributed by atoms with Crippen molar-refractivity contribution in [2.45, 2.75) is 0 Å². The molecular formula is C18H16BrN3O2S. The van der Waals surface area contributed by atoms with Crippen molar-refractivity contribution in [3.63, 3.8) is 0 Å². The fourth-order valence-electron chi connectivity index (χ4n) is 2.79. The highest BCUT2D eigenvalue weighted by Crippen LogP contribution is 2.30. The summed E-state index contributed by atoms with van der Waals surface area (Å²) in [4.78, 5) is 19.3. The molecule has 0 radical (unpaired) electrons. The molecule has 0 aliphatic carbocycles. The Kier molecular flexibility index (Phi) is 4.70. The molecule has 1 saturated heterocycles. The lowest BCUT2D eigenvalue weighted by Crippen LogP contribution is -2.36. The van der Waals surface area contributed by atoms with E-state index < -0.39 is 0 Å². The Hall–Kier alpha value is -1.96. The number of halogens is 1. The van der Waals surface area contributed by atoms with Crippen molar-refractivity contribution < 1.29 is 9.53 Å². The van der Waals surface area contributed by atoms with E-state index in [1.807, 2.05) is 24.3 Å². The third-order valence-electron chi connectivity index (χ3n) is 4.09. The van der Waals surface area contributed by atoms with Gasteiger partial charge in [0, 0.05) is 23.2 Å². The molecular weight excluding hydrogens is 402 g/mol. The molecule has 1 N–H and O–H groups in total. The van der Waals surface area contributed by atoms with Crippen molar-refractivity contribution in [2.75, 3.05) is 36.5 Å². The zero-order chi connectivity index (χ0) is 17.2. The SMILES string of the molecule is O=C(Nc1nc2ccc(N3CCOCC3)cc2s1)c1ccccc1Br. The third-order valence-corrected chi connectivity index (χ3v) is 5.71. The predicted molar refractivity (Wildman–Crippen MR) is 105 cm³/mol. The molecule has 2 heterocycles. The van der Waals surface area contributed by atoms with Gasteiger partial charge in [-0.25, -0.2) is 4.98 Å². The van der Waals surface area contributed by atoms with Gasteiger partial charge < -0.3 is 9.64 Å². The lowest BCUT2D eigenvalue weighted by molar-refractivity contribution is 0.102. The number of carbonyl (C=O) groups excluding carboxylic acids is 1. The number of thiazole rings is 1. The van der Waals surface area contributed by atoms with Crippen LogP contribution in [0.25, 0.3) is 10.2 Å². The Balaban J connectivity index is 1.56. The Bertz CT molecular complexity index is 922. The Morgan fingerprint density at radius 3 is 2.80 bits per heavy atom. The lowest BCUT2D eigenvalue weighted by Gasteiger charge is -2.28. The van der Waals surface area contributed by atoms with Gasteiger partial charge in [-0.2, -0.15) is 0 Å². The average Bonchev–Trinajstić information content (AvgIpc) is 3.04. The summed E-state index contributed by atoms with van der Waals surface area (Å²) in [6, 6.07) is 13.6. The second-order valence-electron chi connectivity index (χ2n) is 5.70. The zero-order valence-corrected chi connectivity index (χ0v) is 15.8. The molecule has 1 aliphatic heterocycles. The van der Waals surface area contributed by atoms with Gasteiger partial charge in [-0.15, -0.1) is 0 Å². The zero-order valence-electron chi connectivity index (χ0n) is 13.4. The van der Waals surface area contributed by atoms with Crippen LogP contribution in [0.15, 0.2) is 46.9 Å². The van der Waals surface area contributed by atoms with E-state index in [1.165, 1.54) is 17.0 Å². The maximum Gasteiger partial charge on any atom is 0.258 e. The highest BCUT2D eigenvalue weighted by Gasteiger charge is 2.15. The number of morpholine rings is 1. The van der Waals surface area contributed by atoms with E-state index in [1.54, 1.807) is 6.07 Å². The number of amides is 1. The minimum Gasteiger partial charge on any atom is -0.378 e. The molecule has 0 saturated carbocycles. The van der Waals surface area contributed by atoms with Crippen molar-refractivity contribution in [1.29, 1.82) is 0 Å². The lowest BCUT2D eigenvalue weighted by atomic mass is 10.2. The molecule has 0 atom stereocenters. The van der Waals surface area contributed by atoms with E-state index in [4.69, 9.17) is 4.74 Å². The molecule has 4 rings (SSSR count). The molecule has 5 nitrogen and oxygen atoms in total. The maximum atomic E-state index is 12.4. The van der Waals surface area contributed by atoms with Crippen molar-refractivity contribution in [3.05, 3.63) is 52.5 Å². The monoisotopic (exact) mass is 417 g/mol. The molecule has 7 heteroatoms. The van der Waals surface area contributed by atoms with Crippen LogP contribution in [0.2, 0.25) is 0 Å². The van der Waals surface area contributed by atoms with Gasteiger partial charge in [-0.05, 0) is 46.3 Å². The van der Waals surface area contributed by atoms with Crippen LogP contribution in [-0.2, 0) is 4.74 Å². The molecule has 2 aromatic carbocycles. The summed E-state index contributed by atoms with van der Waals surface area (Å²) in [6.07, 6.45) is 0. The fourth-order valence-corrected chi connectivity index (χ4v) is 4.15. The molecule has 0 unspecified atom stereocenters. The van der Waals surface area contributed by atoms with Crippen LogP contribution in [-0.4, -0.2) is 37.2 Å². The van der Waals surface area contributed by atoms with E-state index >= 15 is 0 Å². The van der Waals surface area contributed by atoms with E-state index in [0.717, 1.165) is 41.0 Å². The topological polar surface area (TPSA) is 54.5 Å². The van der Waals surface area contributed by atoms with Gasteiger partial charge in [0.2, 0.25) is 0 Å². The maximum absolute atomic E-state index is 12.4. The van der Waals surface area contributed by atoms with E-state index in [-0.39, 0.29) is 5.91 Å². The number of ether oxygens (including phenoxy) is 1. The number of hydrogen-bond donors (Lipinski definition) is 1. The standard InChI is InChI=1S/C18H16BrN3O2S/c19-14-4-2-1-3-13(14)17(23)21-18-20-15-6-5-12(11-16(15)25-18)22-7-9-24-10-8-22/h1-6,11H,7-10H2,(H,20,21,23). The van der Waals surface area contributed by atoms with Crippen molar-refractivity contribution >= 4 is 54.2 Å². The normalized spacial score (nSPS) is 14.7. The van der Waals surface area contributed by atoms with Crippen LogP contribution in [0.1, 0.15) is 10.4 Å². The number of anilines is 2. The van der Waals surface area contributed by atoms with Gasteiger partial charge in [-0.1, -0.05) is 23.5 Å². The molecule has 128 valence electrons. The number of hydrogen-bond acceptors (Lipinski definition) is 5. The first-order chi connectivity index (χ1) is 12.2. The molecule has 1 amide bonds. The van der Waals surface area contributed by atoms with Gasteiger partial charge in [-0.3, -0.25) is 10.1 Å². The summed E-state index contributed by atoms with van der Waals surface area (Å²) in [5, 5.41) is 3.50. The molecule has 0 bridgehead atoms. The number of fused-ring (bicyclic) bond motifs is 1. The minimum absolute atomic E-state index is 0.167. The van der Waals surface area contributed by atoms with Crippen LogP contribution in [0, 0.1) is 0 Å². The van der Waals surface area contributed by atoms with Crippen LogP contribution >= 0.6 is 27.3 Å². The molecule has 3 aromatic rings. The summed E-state index contributed by atoms with van der Waals surface area (Å²) >= 11 is 4.89. The molecule has 1 aromatic heterocycles. The first-order valence-electron chi connectivity index (χ1n) is 8.00. The molecule has 25 heavy (non-hydrogen) atoms. The van der Waals surface area contributed by atoms with Gasteiger partial charge in [0.15, 0.2) is 5.13 Å². The minimum atomic E-state index is -0.167. The number of rotatable bonds is 3. The first kappa shape index (κ1) is 16.5. The van der Waals surface area contributed by atoms with Crippen LogP contribution in [0.4, 0.5) is 10.8 Å². The molecule has 0 spiro atoms. The number of aromatic nitrogens is 1.